The Morgan fingerprint density at radius 3 is 3.00 bits per heavy atom. The van der Waals surface area contributed by atoms with Gasteiger partial charge in [-0.3, -0.25) is 4.98 Å². The summed E-state index contributed by atoms with van der Waals surface area (Å²) in [6, 6.07) is 3.80. The Balaban J connectivity index is 1.93. The van der Waals surface area contributed by atoms with Gasteiger partial charge in [-0.15, -0.1) is 0 Å². The van der Waals surface area contributed by atoms with E-state index >= 15 is 0 Å². The van der Waals surface area contributed by atoms with Crippen LogP contribution in [-0.2, 0) is 0 Å². The molecule has 0 amide bonds. The van der Waals surface area contributed by atoms with Crippen LogP contribution >= 0.6 is 0 Å². The van der Waals surface area contributed by atoms with Gasteiger partial charge in [0.05, 0.1) is 6.20 Å². The van der Waals surface area contributed by atoms with Crippen LogP contribution in [0.3, 0.4) is 0 Å². The molecule has 3 nitrogen and oxygen atoms in total. The molecule has 3 heteroatoms. The van der Waals surface area contributed by atoms with E-state index in [-0.39, 0.29) is 0 Å². The average Bonchev–Trinajstić information content (AvgIpc) is 2.29. The molecule has 1 rings (SSSR count). The van der Waals surface area contributed by atoms with Crippen molar-refractivity contribution in [3.63, 3.8) is 0 Å². The summed E-state index contributed by atoms with van der Waals surface area (Å²) < 4.78 is 5.49. The largest absolute Gasteiger partial charge is 0.491 e. The predicted molar refractivity (Wildman–Crippen MR) is 62.1 cm³/mol. The van der Waals surface area contributed by atoms with E-state index in [0.29, 0.717) is 6.61 Å². The number of hydrogen-bond acceptors (Lipinski definition) is 3. The number of aromatic nitrogens is 1. The molecule has 0 aliphatic heterocycles. The molecule has 0 atom stereocenters. The summed E-state index contributed by atoms with van der Waals surface area (Å²) in [6.07, 6.45) is 7.31. The highest BCUT2D eigenvalue weighted by molar-refractivity contribution is 5.15. The molecular weight excluding hydrogens is 188 g/mol. The number of ether oxygens (including phenoxy) is 1. The molecule has 1 aromatic heterocycles. The molecule has 0 aliphatic carbocycles. The first kappa shape index (κ1) is 12.0. The van der Waals surface area contributed by atoms with Crippen molar-refractivity contribution in [3.8, 4) is 5.75 Å². The molecule has 0 bridgehead atoms. The van der Waals surface area contributed by atoms with E-state index < -0.39 is 0 Å². The van der Waals surface area contributed by atoms with Crippen molar-refractivity contribution >= 4 is 0 Å². The van der Waals surface area contributed by atoms with E-state index in [2.05, 4.69) is 17.2 Å². The zero-order valence-electron chi connectivity index (χ0n) is 9.41. The summed E-state index contributed by atoms with van der Waals surface area (Å²) in [7, 11) is 0. The SMILES string of the molecule is CCCCCNCCOc1cccnc1. The van der Waals surface area contributed by atoms with Crippen LogP contribution in [-0.4, -0.2) is 24.7 Å². The van der Waals surface area contributed by atoms with Gasteiger partial charge in [0.15, 0.2) is 0 Å². The minimum Gasteiger partial charge on any atom is -0.491 e. The minimum absolute atomic E-state index is 0.706. The van der Waals surface area contributed by atoms with Gasteiger partial charge in [-0.25, -0.2) is 0 Å². The van der Waals surface area contributed by atoms with Gasteiger partial charge in [-0.05, 0) is 25.1 Å². The van der Waals surface area contributed by atoms with Crippen LogP contribution in [0.1, 0.15) is 26.2 Å². The average molecular weight is 208 g/mol. The van der Waals surface area contributed by atoms with Crippen molar-refractivity contribution in [1.29, 1.82) is 0 Å². The maximum atomic E-state index is 5.49. The van der Waals surface area contributed by atoms with Crippen LogP contribution in [0, 0.1) is 0 Å². The van der Waals surface area contributed by atoms with Gasteiger partial charge in [0.1, 0.15) is 12.4 Å². The first-order chi connectivity index (χ1) is 7.43. The maximum Gasteiger partial charge on any atom is 0.137 e. The molecule has 1 N–H and O–H groups in total. The normalized spacial score (nSPS) is 10.2. The Kier molecular flexibility index (Phi) is 6.58. The number of rotatable bonds is 8. The topological polar surface area (TPSA) is 34.1 Å². The van der Waals surface area contributed by atoms with Crippen molar-refractivity contribution < 1.29 is 4.74 Å². The molecule has 0 saturated heterocycles. The van der Waals surface area contributed by atoms with E-state index in [1.54, 1.807) is 12.4 Å². The van der Waals surface area contributed by atoms with Crippen molar-refractivity contribution in [2.75, 3.05) is 19.7 Å². The highest BCUT2D eigenvalue weighted by Gasteiger charge is 1.91. The summed E-state index contributed by atoms with van der Waals surface area (Å²) in [5.41, 5.74) is 0. The second kappa shape index (κ2) is 8.24. The van der Waals surface area contributed by atoms with Gasteiger partial charge in [0, 0.05) is 12.7 Å². The lowest BCUT2D eigenvalue weighted by atomic mass is 10.2. The number of unbranched alkanes of at least 4 members (excludes halogenated alkanes) is 2. The molecule has 84 valence electrons. The fourth-order valence-electron chi connectivity index (χ4n) is 1.30. The van der Waals surface area contributed by atoms with E-state index in [1.807, 2.05) is 12.1 Å². The van der Waals surface area contributed by atoms with Gasteiger partial charge in [-0.1, -0.05) is 19.8 Å². The molecule has 0 aliphatic rings. The van der Waals surface area contributed by atoms with Gasteiger partial charge in [-0.2, -0.15) is 0 Å². The third-order valence-electron chi connectivity index (χ3n) is 2.14. The van der Waals surface area contributed by atoms with Gasteiger partial charge in [0.25, 0.3) is 0 Å². The smallest absolute Gasteiger partial charge is 0.137 e. The zero-order valence-corrected chi connectivity index (χ0v) is 9.41. The Labute approximate surface area is 91.9 Å². The Morgan fingerprint density at radius 1 is 1.33 bits per heavy atom. The zero-order chi connectivity index (χ0) is 10.8. The summed E-state index contributed by atoms with van der Waals surface area (Å²) in [5, 5.41) is 3.35. The Morgan fingerprint density at radius 2 is 2.27 bits per heavy atom. The lowest BCUT2D eigenvalue weighted by molar-refractivity contribution is 0.312. The molecule has 0 unspecified atom stereocenters. The van der Waals surface area contributed by atoms with Crippen LogP contribution in [0.25, 0.3) is 0 Å². The molecule has 1 aromatic rings. The number of nitrogens with zero attached hydrogens (tertiary/aromatic N) is 1. The second-order valence-corrected chi connectivity index (χ2v) is 3.49. The molecule has 15 heavy (non-hydrogen) atoms. The fraction of sp³-hybridized carbons (Fsp3) is 0.583. The molecule has 0 saturated carbocycles. The number of nitrogens with one attached hydrogen (secondary N) is 1. The number of pyridine rings is 1. The highest BCUT2D eigenvalue weighted by atomic mass is 16.5. The van der Waals surface area contributed by atoms with E-state index in [9.17, 15) is 0 Å². The van der Waals surface area contributed by atoms with Gasteiger partial charge >= 0.3 is 0 Å². The fourth-order valence-corrected chi connectivity index (χ4v) is 1.30. The van der Waals surface area contributed by atoms with Crippen molar-refractivity contribution in [2.24, 2.45) is 0 Å². The third kappa shape index (κ3) is 6.07. The van der Waals surface area contributed by atoms with Crippen LogP contribution < -0.4 is 10.1 Å². The monoisotopic (exact) mass is 208 g/mol. The summed E-state index contributed by atoms with van der Waals surface area (Å²) >= 11 is 0. The van der Waals surface area contributed by atoms with Crippen molar-refractivity contribution in [3.05, 3.63) is 24.5 Å². The number of hydrogen-bond donors (Lipinski definition) is 1. The standard InChI is InChI=1S/C12H20N2O/c1-2-3-4-7-13-9-10-15-12-6-5-8-14-11-12/h5-6,8,11,13H,2-4,7,9-10H2,1H3. The highest BCUT2D eigenvalue weighted by Crippen LogP contribution is 2.04. The Hall–Kier alpha value is -1.09. The third-order valence-corrected chi connectivity index (χ3v) is 2.14. The van der Waals surface area contributed by atoms with Gasteiger partial charge < -0.3 is 10.1 Å². The van der Waals surface area contributed by atoms with Gasteiger partial charge in [0.2, 0.25) is 0 Å². The molecule has 1 heterocycles. The quantitative estimate of drug-likeness (QED) is 0.665. The van der Waals surface area contributed by atoms with E-state index in [0.717, 1.165) is 18.8 Å². The first-order valence-electron chi connectivity index (χ1n) is 5.67. The lowest BCUT2D eigenvalue weighted by Crippen LogP contribution is -2.22. The lowest BCUT2D eigenvalue weighted by Gasteiger charge is -2.06. The second-order valence-electron chi connectivity index (χ2n) is 3.49. The summed E-state index contributed by atoms with van der Waals surface area (Å²) in [5.74, 6) is 0.841. The van der Waals surface area contributed by atoms with Crippen molar-refractivity contribution in [1.82, 2.24) is 10.3 Å². The predicted octanol–water partition coefficient (Wildman–Crippen LogP) is 2.24. The van der Waals surface area contributed by atoms with E-state index in [4.69, 9.17) is 4.74 Å². The molecule has 0 radical (unpaired) electrons. The van der Waals surface area contributed by atoms with Crippen LogP contribution in [0.2, 0.25) is 0 Å². The molecule has 0 fully saturated rings. The maximum absolute atomic E-state index is 5.49. The molecule has 0 spiro atoms. The molecular formula is C12H20N2O. The molecule has 0 aromatic carbocycles. The summed E-state index contributed by atoms with van der Waals surface area (Å²) in [4.78, 5) is 3.98. The summed E-state index contributed by atoms with van der Waals surface area (Å²) in [6.45, 7) is 4.91. The Bertz CT molecular complexity index is 239. The van der Waals surface area contributed by atoms with Crippen LogP contribution in [0.15, 0.2) is 24.5 Å². The first-order valence-corrected chi connectivity index (χ1v) is 5.67. The van der Waals surface area contributed by atoms with Crippen LogP contribution in [0.4, 0.5) is 0 Å². The minimum atomic E-state index is 0.706. The van der Waals surface area contributed by atoms with Crippen molar-refractivity contribution in [2.45, 2.75) is 26.2 Å². The van der Waals surface area contributed by atoms with E-state index in [1.165, 1.54) is 19.3 Å². The van der Waals surface area contributed by atoms with Crippen LogP contribution in [0.5, 0.6) is 5.75 Å².